The Morgan fingerprint density at radius 1 is 0.514 bits per heavy atom. The zero-order valence-corrected chi connectivity index (χ0v) is 47.4. The first-order valence-corrected chi connectivity index (χ1v) is 28.5. The fourth-order valence-electron chi connectivity index (χ4n) is 14.7. The molecule has 0 radical (unpaired) electrons. The van der Waals surface area contributed by atoms with Gasteiger partial charge >= 0.3 is 0 Å². The quantitative estimate of drug-likeness (QED) is 0.141. The minimum Gasteiger partial charge on any atom is -0.346 e. The molecule has 6 aliphatic rings. The molecule has 0 aromatic heterocycles. The summed E-state index contributed by atoms with van der Waals surface area (Å²) in [5.74, 6) is 0. The van der Waals surface area contributed by atoms with Crippen molar-refractivity contribution in [2.45, 2.75) is 115 Å². The number of benzene rings is 7. The van der Waals surface area contributed by atoms with Crippen LogP contribution in [0.3, 0.4) is 0 Å². The van der Waals surface area contributed by atoms with E-state index in [1.54, 1.807) is 0 Å². The van der Waals surface area contributed by atoms with Gasteiger partial charge in [-0.05, 0) is 179 Å². The summed E-state index contributed by atoms with van der Waals surface area (Å²) in [7, 11) is 4.52. The summed E-state index contributed by atoms with van der Waals surface area (Å²) in [5.41, 5.74) is 21.5. The lowest BCUT2D eigenvalue weighted by molar-refractivity contribution is -0.455. The van der Waals surface area contributed by atoms with Crippen LogP contribution in [0.25, 0.3) is 21.5 Å². The molecule has 7 aromatic rings. The molecule has 0 bridgehead atoms. The zero-order valence-electron chi connectivity index (χ0n) is 44.2. The van der Waals surface area contributed by atoms with Crippen LogP contribution in [0.2, 0.25) is 0 Å². The Morgan fingerprint density at radius 3 is 1.28 bits per heavy atom. The summed E-state index contributed by atoms with van der Waals surface area (Å²) >= 11 is 7.92. The molecule has 0 atom stereocenters. The van der Waals surface area contributed by atoms with Crippen molar-refractivity contribution >= 4 is 87.6 Å². The lowest BCUT2D eigenvalue weighted by atomic mass is 9.63. The topological polar surface area (TPSA) is 12.5 Å². The molecule has 4 heterocycles. The fourth-order valence-corrected chi connectivity index (χ4v) is 16.4. The van der Waals surface area contributed by atoms with Gasteiger partial charge in [-0.15, -0.1) is 0 Å². The van der Waals surface area contributed by atoms with Crippen molar-refractivity contribution in [3.05, 3.63) is 223 Å². The van der Waals surface area contributed by atoms with Gasteiger partial charge in [-0.25, -0.2) is 0 Å². The van der Waals surface area contributed by atoms with Crippen molar-refractivity contribution < 1.29 is 9.15 Å². The van der Waals surface area contributed by atoms with Crippen LogP contribution in [0, 0.1) is 13.8 Å². The minimum absolute atomic E-state index is 0.0856. The number of hydrogen-bond acceptors (Lipinski definition) is 2. The van der Waals surface area contributed by atoms with E-state index in [0.29, 0.717) is 0 Å². The number of allylic oxidation sites excluding steroid dienone is 8. The molecule has 2 saturated carbocycles. The van der Waals surface area contributed by atoms with E-state index in [2.05, 4.69) is 264 Å². The normalized spacial score (nSPS) is 20.6. The maximum absolute atomic E-state index is 3.96. The molecule has 370 valence electrons. The standard InChI is InChI=1S/C68H66Br2N4/c1-43-37-51-63(53(69)39-43)71(7)59(67(51)33-15-34-67)23-13-21-57-65(3,4)61-49-19-11-9-17-47(49)29-31-55(61)73(57)41-45-25-27-46(28-26-45)42-74-56-32-30-48-18-10-12-20-50(48)62(56)66(5,6)58(74)22-14-24-60-68(35-16-36-68)52-38-44(2)40-54(70)64(52)72(60)8/h9-14,17-32,37-40H,15-16,33-36,41-42H2,1-8H3/q+2. The molecule has 2 aliphatic carbocycles. The number of nitrogens with zero attached hydrogens (tertiary/aromatic N) is 4. The third-order valence-electron chi connectivity index (χ3n) is 18.5. The van der Waals surface area contributed by atoms with E-state index in [-0.39, 0.29) is 21.7 Å². The van der Waals surface area contributed by atoms with Gasteiger partial charge < -0.3 is 9.80 Å². The second-order valence-corrected chi connectivity index (χ2v) is 25.2. The van der Waals surface area contributed by atoms with E-state index in [1.807, 2.05) is 0 Å². The minimum atomic E-state index is -0.217. The van der Waals surface area contributed by atoms with Gasteiger partial charge in [0.1, 0.15) is 0 Å². The van der Waals surface area contributed by atoms with Gasteiger partial charge in [0.15, 0.2) is 24.5 Å². The van der Waals surface area contributed by atoms with Crippen molar-refractivity contribution in [1.82, 2.24) is 0 Å². The van der Waals surface area contributed by atoms with E-state index >= 15 is 0 Å². The first-order valence-electron chi connectivity index (χ1n) is 26.9. The number of rotatable bonds is 8. The summed E-state index contributed by atoms with van der Waals surface area (Å²) in [5, 5.41) is 5.25. The van der Waals surface area contributed by atoms with Crippen molar-refractivity contribution in [2.24, 2.45) is 0 Å². The molecular formula is C68H66Br2N4+2. The van der Waals surface area contributed by atoms with Gasteiger partial charge in [0.2, 0.25) is 11.4 Å². The number of anilines is 2. The molecule has 2 spiro atoms. The van der Waals surface area contributed by atoms with Crippen LogP contribution in [0.4, 0.5) is 22.7 Å². The highest BCUT2D eigenvalue weighted by Crippen LogP contribution is 2.61. The third kappa shape index (κ3) is 6.95. The van der Waals surface area contributed by atoms with Gasteiger partial charge in [0, 0.05) is 91.8 Å². The Labute approximate surface area is 455 Å². The Kier molecular flexibility index (Phi) is 11.1. The lowest BCUT2D eigenvalue weighted by Gasteiger charge is -2.41. The molecule has 4 aliphatic heterocycles. The van der Waals surface area contributed by atoms with Crippen LogP contribution in [-0.4, -0.2) is 34.7 Å². The van der Waals surface area contributed by atoms with Gasteiger partial charge in [-0.1, -0.05) is 110 Å². The second kappa shape index (κ2) is 17.2. The van der Waals surface area contributed by atoms with Gasteiger partial charge in [0.25, 0.3) is 0 Å². The zero-order chi connectivity index (χ0) is 51.1. The van der Waals surface area contributed by atoms with E-state index in [4.69, 9.17) is 0 Å². The molecule has 0 unspecified atom stereocenters. The molecular weight excluding hydrogens is 1030 g/mol. The predicted octanol–water partition coefficient (Wildman–Crippen LogP) is 17.3. The van der Waals surface area contributed by atoms with Crippen molar-refractivity contribution in [2.75, 3.05) is 23.9 Å². The molecule has 0 amide bonds. The summed E-state index contributed by atoms with van der Waals surface area (Å²) in [6.45, 7) is 15.7. The second-order valence-electron chi connectivity index (χ2n) is 23.5. The monoisotopic (exact) mass is 1100 g/mol. The van der Waals surface area contributed by atoms with Crippen LogP contribution in [-0.2, 0) is 34.7 Å². The number of hydrogen-bond donors (Lipinski definition) is 0. The predicted molar refractivity (Wildman–Crippen MR) is 318 cm³/mol. The molecule has 7 aromatic carbocycles. The van der Waals surface area contributed by atoms with Crippen molar-refractivity contribution in [3.63, 3.8) is 0 Å². The number of halogens is 2. The Balaban J connectivity index is 0.861. The van der Waals surface area contributed by atoms with E-state index in [9.17, 15) is 0 Å². The number of likely N-dealkylation sites (N-methyl/N-ethyl adjacent to an activating group) is 2. The number of fused-ring (bicyclic) bond motifs is 10. The van der Waals surface area contributed by atoms with E-state index in [0.717, 1.165) is 13.1 Å². The SMILES string of the molecule is Cc1cc(Br)c2c(c1)C1(CCC1)C(=CC=CC1=[N+](Cc3ccc(C[N+]4=C(C=CC=C5N(C)c6c(Br)cc(C)cc6C56CCC6)C(C)(C)c5c4ccc4ccccc54)cc3)c3ccc4ccccc4c3C1(C)C)N2C. The third-order valence-corrected chi connectivity index (χ3v) is 19.7. The average molecular weight is 1100 g/mol. The van der Waals surface area contributed by atoms with Crippen LogP contribution in [0.1, 0.15) is 111 Å². The van der Waals surface area contributed by atoms with Crippen LogP contribution < -0.4 is 9.80 Å². The highest BCUT2D eigenvalue weighted by Gasteiger charge is 2.53. The first-order chi connectivity index (χ1) is 35.6. The summed E-state index contributed by atoms with van der Waals surface area (Å²) in [4.78, 5) is 4.90. The Hall–Kier alpha value is -6.08. The molecule has 2 fully saturated rings. The van der Waals surface area contributed by atoms with Crippen molar-refractivity contribution in [3.8, 4) is 0 Å². The fraction of sp³-hybridized carbons (Fsp3) is 0.294. The van der Waals surface area contributed by atoms with Gasteiger partial charge in [-0.2, -0.15) is 9.15 Å². The first kappa shape index (κ1) is 47.6. The summed E-state index contributed by atoms with van der Waals surface area (Å²) < 4.78 is 7.58. The summed E-state index contributed by atoms with van der Waals surface area (Å²) in [6, 6.07) is 46.1. The molecule has 6 heteroatoms. The Bertz CT molecular complexity index is 3510. The summed E-state index contributed by atoms with van der Waals surface area (Å²) in [6.07, 6.45) is 21.7. The van der Waals surface area contributed by atoms with Crippen LogP contribution in [0.15, 0.2) is 178 Å². The molecule has 0 saturated heterocycles. The Morgan fingerprint density at radius 2 is 0.905 bits per heavy atom. The van der Waals surface area contributed by atoms with Crippen LogP contribution >= 0.6 is 31.9 Å². The van der Waals surface area contributed by atoms with Gasteiger partial charge in [0.05, 0.1) is 22.2 Å². The molecule has 13 rings (SSSR count). The van der Waals surface area contributed by atoms with E-state index in [1.165, 1.54) is 159 Å². The van der Waals surface area contributed by atoms with Gasteiger partial charge in [-0.3, -0.25) is 0 Å². The largest absolute Gasteiger partial charge is 0.346 e. The van der Waals surface area contributed by atoms with Crippen LogP contribution in [0.5, 0.6) is 0 Å². The highest BCUT2D eigenvalue weighted by atomic mass is 79.9. The number of aryl methyl sites for hydroxylation is 2. The molecule has 0 N–H and O–H groups in total. The smallest absolute Gasteiger partial charge is 0.210 e. The maximum atomic E-state index is 3.96. The lowest BCUT2D eigenvalue weighted by Crippen LogP contribution is -2.36. The molecule has 4 nitrogen and oxygen atoms in total. The maximum Gasteiger partial charge on any atom is 0.210 e. The van der Waals surface area contributed by atoms with Crippen molar-refractivity contribution in [1.29, 1.82) is 0 Å². The molecule has 74 heavy (non-hydrogen) atoms. The highest BCUT2D eigenvalue weighted by molar-refractivity contribution is 9.11. The average Bonchev–Trinajstić information content (AvgIpc) is 3.95. The van der Waals surface area contributed by atoms with E-state index < -0.39 is 0 Å².